The van der Waals surface area contributed by atoms with E-state index in [1.54, 1.807) is 30.3 Å². The second-order valence-corrected chi connectivity index (χ2v) is 5.36. The lowest BCUT2D eigenvalue weighted by Crippen LogP contribution is -1.94. The monoisotopic (exact) mass is 348 g/mol. The summed E-state index contributed by atoms with van der Waals surface area (Å²) in [6, 6.07) is 11.4. The third-order valence-corrected chi connectivity index (χ3v) is 3.46. The first kappa shape index (κ1) is 13.8. The van der Waals surface area contributed by atoms with Gasteiger partial charge in [0.05, 0.1) is 5.56 Å². The Balaban J connectivity index is 1.88. The van der Waals surface area contributed by atoms with Gasteiger partial charge in [0.2, 0.25) is 0 Å². The van der Waals surface area contributed by atoms with Crippen molar-refractivity contribution in [1.82, 2.24) is 10.1 Å². The highest BCUT2D eigenvalue weighted by Crippen LogP contribution is 2.30. The van der Waals surface area contributed by atoms with Gasteiger partial charge in [-0.3, -0.25) is 0 Å². The zero-order valence-corrected chi connectivity index (χ0v) is 12.3. The van der Waals surface area contributed by atoms with Gasteiger partial charge in [0, 0.05) is 10.9 Å². The smallest absolute Gasteiger partial charge is 0.261 e. The molecule has 2 aromatic carbocycles. The minimum absolute atomic E-state index is 0.0328. The normalized spacial score (nSPS) is 10.8. The molecule has 1 heterocycles. The highest BCUT2D eigenvalue weighted by molar-refractivity contribution is 9.10. The average molecular weight is 349 g/mol. The molecule has 0 unspecified atom stereocenters. The van der Waals surface area contributed by atoms with Crippen LogP contribution in [0.5, 0.6) is 5.75 Å². The van der Waals surface area contributed by atoms with Crippen LogP contribution in [0.3, 0.4) is 0 Å². The first-order valence-corrected chi connectivity index (χ1v) is 6.97. The summed E-state index contributed by atoms with van der Waals surface area (Å²) in [5.74, 6) is 0.282. The van der Waals surface area contributed by atoms with Crippen molar-refractivity contribution in [2.24, 2.45) is 0 Å². The number of benzene rings is 2. The minimum atomic E-state index is -0.310. The molecule has 0 atom stereocenters. The van der Waals surface area contributed by atoms with Crippen LogP contribution in [0, 0.1) is 5.82 Å². The Morgan fingerprint density at radius 1 is 1.19 bits per heavy atom. The van der Waals surface area contributed by atoms with Crippen LogP contribution in [0.4, 0.5) is 4.39 Å². The lowest BCUT2D eigenvalue weighted by molar-refractivity contribution is 0.418. The zero-order chi connectivity index (χ0) is 14.8. The van der Waals surface area contributed by atoms with Gasteiger partial charge in [-0.15, -0.1) is 0 Å². The summed E-state index contributed by atoms with van der Waals surface area (Å²) in [5, 5.41) is 13.7. The Hall–Kier alpha value is -2.21. The minimum Gasteiger partial charge on any atom is -0.507 e. The number of phenols is 1. The van der Waals surface area contributed by atoms with Crippen LogP contribution in [0.2, 0.25) is 0 Å². The van der Waals surface area contributed by atoms with E-state index in [1.165, 1.54) is 12.1 Å². The number of aromatic nitrogens is 2. The van der Waals surface area contributed by atoms with Crippen molar-refractivity contribution in [3.63, 3.8) is 0 Å². The summed E-state index contributed by atoms with van der Waals surface area (Å²) in [6.07, 6.45) is 0.230. The molecule has 21 heavy (non-hydrogen) atoms. The first-order chi connectivity index (χ1) is 10.1. The topological polar surface area (TPSA) is 59.2 Å². The molecule has 3 rings (SSSR count). The third-order valence-electron chi connectivity index (χ3n) is 2.96. The van der Waals surface area contributed by atoms with Crippen molar-refractivity contribution in [1.29, 1.82) is 0 Å². The molecule has 106 valence electrons. The first-order valence-electron chi connectivity index (χ1n) is 6.18. The summed E-state index contributed by atoms with van der Waals surface area (Å²) >= 11 is 3.26. The second kappa shape index (κ2) is 5.65. The highest BCUT2D eigenvalue weighted by atomic mass is 79.9. The Labute approximate surface area is 128 Å². The molecule has 0 saturated carbocycles. The quantitative estimate of drug-likeness (QED) is 0.778. The largest absolute Gasteiger partial charge is 0.507 e. The third kappa shape index (κ3) is 2.95. The summed E-state index contributed by atoms with van der Waals surface area (Å²) in [4.78, 5) is 4.19. The Morgan fingerprint density at radius 2 is 2.00 bits per heavy atom. The summed E-state index contributed by atoms with van der Waals surface area (Å²) in [6.45, 7) is 0. The molecule has 0 aliphatic heterocycles. The number of hydrogen-bond donors (Lipinski definition) is 1. The van der Waals surface area contributed by atoms with Gasteiger partial charge in [0.15, 0.2) is 5.82 Å². The molecule has 0 amide bonds. The maximum atomic E-state index is 13.6. The predicted octanol–water partition coefficient (Wildman–Crippen LogP) is 3.93. The average Bonchev–Trinajstić information content (AvgIpc) is 2.90. The number of nitrogens with zero attached hydrogens (tertiary/aromatic N) is 2. The molecular weight excluding hydrogens is 339 g/mol. The van der Waals surface area contributed by atoms with Crippen molar-refractivity contribution in [3.05, 3.63) is 64.1 Å². The van der Waals surface area contributed by atoms with E-state index in [4.69, 9.17) is 4.52 Å². The molecule has 0 radical (unpaired) electrons. The van der Waals surface area contributed by atoms with Gasteiger partial charge >= 0.3 is 0 Å². The van der Waals surface area contributed by atoms with Crippen LogP contribution in [0.15, 0.2) is 51.5 Å². The van der Waals surface area contributed by atoms with E-state index in [0.717, 1.165) is 4.47 Å². The van der Waals surface area contributed by atoms with Gasteiger partial charge in [-0.1, -0.05) is 39.3 Å². The molecule has 4 nitrogen and oxygen atoms in total. The van der Waals surface area contributed by atoms with Crippen molar-refractivity contribution in [3.8, 4) is 17.2 Å². The summed E-state index contributed by atoms with van der Waals surface area (Å²) in [5.41, 5.74) is 0.926. The highest BCUT2D eigenvalue weighted by Gasteiger charge is 2.14. The molecule has 0 bridgehead atoms. The summed E-state index contributed by atoms with van der Waals surface area (Å²) in [7, 11) is 0. The number of halogens is 2. The van der Waals surface area contributed by atoms with Crippen LogP contribution in [-0.4, -0.2) is 15.2 Å². The van der Waals surface area contributed by atoms with Gasteiger partial charge < -0.3 is 9.63 Å². The molecule has 0 fully saturated rings. The van der Waals surface area contributed by atoms with E-state index < -0.39 is 0 Å². The van der Waals surface area contributed by atoms with E-state index in [0.29, 0.717) is 17.0 Å². The molecule has 0 saturated heterocycles. The van der Waals surface area contributed by atoms with Gasteiger partial charge in [-0.25, -0.2) is 4.39 Å². The van der Waals surface area contributed by atoms with Crippen LogP contribution >= 0.6 is 15.9 Å². The van der Waals surface area contributed by atoms with E-state index in [-0.39, 0.29) is 23.9 Å². The fraction of sp³-hybridized carbons (Fsp3) is 0.0667. The molecule has 1 N–H and O–H groups in total. The van der Waals surface area contributed by atoms with Gasteiger partial charge in [0.1, 0.15) is 11.6 Å². The van der Waals surface area contributed by atoms with Crippen LogP contribution in [0.1, 0.15) is 11.4 Å². The molecule has 0 spiro atoms. The Morgan fingerprint density at radius 3 is 2.76 bits per heavy atom. The number of aromatic hydroxyl groups is 1. The van der Waals surface area contributed by atoms with Gasteiger partial charge in [0.25, 0.3) is 5.89 Å². The van der Waals surface area contributed by atoms with E-state index in [2.05, 4.69) is 26.1 Å². The standard InChI is InChI=1S/C15H10BrFN2O2/c16-10-5-6-11(13(20)8-10)15-18-14(19-21-15)7-9-3-1-2-4-12(9)17/h1-6,8,20H,7H2. The molecule has 0 aliphatic rings. The molecule has 6 heteroatoms. The summed E-state index contributed by atoms with van der Waals surface area (Å²) < 4.78 is 19.5. The van der Waals surface area contributed by atoms with Gasteiger partial charge in [-0.2, -0.15) is 4.98 Å². The lowest BCUT2D eigenvalue weighted by Gasteiger charge is -1.99. The maximum Gasteiger partial charge on any atom is 0.261 e. The van der Waals surface area contributed by atoms with Gasteiger partial charge in [-0.05, 0) is 29.8 Å². The number of rotatable bonds is 3. The van der Waals surface area contributed by atoms with E-state index in [9.17, 15) is 9.50 Å². The lowest BCUT2D eigenvalue weighted by atomic mass is 10.1. The zero-order valence-electron chi connectivity index (χ0n) is 10.8. The van der Waals surface area contributed by atoms with Crippen LogP contribution < -0.4 is 0 Å². The fourth-order valence-corrected chi connectivity index (χ4v) is 2.28. The van der Waals surface area contributed by atoms with Crippen LogP contribution in [0.25, 0.3) is 11.5 Å². The Bertz CT molecular complexity index is 789. The van der Waals surface area contributed by atoms with Crippen molar-refractivity contribution in [2.45, 2.75) is 6.42 Å². The van der Waals surface area contributed by atoms with E-state index in [1.807, 2.05) is 0 Å². The molecule has 0 aliphatic carbocycles. The second-order valence-electron chi connectivity index (χ2n) is 4.45. The number of phenolic OH excluding ortho intramolecular Hbond substituents is 1. The van der Waals surface area contributed by atoms with Crippen LogP contribution in [-0.2, 0) is 6.42 Å². The predicted molar refractivity (Wildman–Crippen MR) is 78.3 cm³/mol. The molecular formula is C15H10BrFN2O2. The SMILES string of the molecule is Oc1cc(Br)ccc1-c1nc(Cc2ccccc2F)no1. The van der Waals surface area contributed by atoms with Crippen molar-refractivity contribution >= 4 is 15.9 Å². The maximum absolute atomic E-state index is 13.6. The molecule has 3 aromatic rings. The van der Waals surface area contributed by atoms with Crippen molar-refractivity contribution < 1.29 is 14.0 Å². The molecule has 1 aromatic heterocycles. The number of hydrogen-bond acceptors (Lipinski definition) is 4. The Kier molecular flexibility index (Phi) is 3.70. The van der Waals surface area contributed by atoms with E-state index >= 15 is 0 Å². The van der Waals surface area contributed by atoms with Crippen molar-refractivity contribution in [2.75, 3.05) is 0 Å². The fourth-order valence-electron chi connectivity index (χ4n) is 1.93.